The number of rotatable bonds is 9. The van der Waals surface area contributed by atoms with Crippen LogP contribution in [0.1, 0.15) is 81.7 Å². The summed E-state index contributed by atoms with van der Waals surface area (Å²) in [5.41, 5.74) is 8.15. The molecule has 2 aromatic heterocycles. The first-order chi connectivity index (χ1) is 21.7. The molecule has 7 nitrogen and oxygen atoms in total. The fourth-order valence-electron chi connectivity index (χ4n) is 5.57. The average Bonchev–Trinajstić information content (AvgIpc) is 3.56. The van der Waals surface area contributed by atoms with Gasteiger partial charge in [-0.1, -0.05) is 72.3 Å². The molecule has 4 aromatic rings. The Kier molecular flexibility index (Phi) is 9.92. The van der Waals surface area contributed by atoms with Crippen LogP contribution in [-0.2, 0) is 13.0 Å². The molecular weight excluding hydrogens is 600 g/mol. The molecule has 228 valence electrons. The number of halogens is 1. The molecule has 3 heterocycles. The largest absolute Gasteiger partial charge is 0.298 e. The van der Waals surface area contributed by atoms with Gasteiger partial charge in [-0.3, -0.25) is 30.2 Å². The van der Waals surface area contributed by atoms with E-state index in [1.54, 1.807) is 18.0 Å². The van der Waals surface area contributed by atoms with E-state index >= 15 is 0 Å². The van der Waals surface area contributed by atoms with Crippen molar-refractivity contribution < 1.29 is 4.79 Å². The van der Waals surface area contributed by atoms with Gasteiger partial charge in [-0.2, -0.15) is 5.10 Å². The molecule has 2 aromatic carbocycles. The smallest absolute Gasteiger partial charge is 0.150 e. The Hall–Kier alpha value is -4.58. The van der Waals surface area contributed by atoms with E-state index in [0.717, 1.165) is 87.5 Å². The first kappa shape index (κ1) is 31.8. The van der Waals surface area contributed by atoms with Gasteiger partial charge in [-0.05, 0) is 68.9 Å². The molecule has 0 aliphatic carbocycles. The highest BCUT2D eigenvalue weighted by molar-refractivity contribution is 7.17. The van der Waals surface area contributed by atoms with Gasteiger partial charge >= 0.3 is 0 Å². The van der Waals surface area contributed by atoms with Crippen molar-refractivity contribution in [3.63, 3.8) is 0 Å². The summed E-state index contributed by atoms with van der Waals surface area (Å²) in [6.07, 6.45) is 8.61. The third-order valence-corrected chi connectivity index (χ3v) is 9.15. The SMILES string of the molecule is C=C(C)c1c(C=O)cccc1CCCCCn1cc(C#Cc2sc3c(c2C)C(c2ccc(Cl)cc2)=NCC(=N)N3C(C)=N)cn1. The number of benzene rings is 2. The van der Waals surface area contributed by atoms with Crippen LogP contribution in [-0.4, -0.2) is 40.0 Å². The van der Waals surface area contributed by atoms with Gasteiger partial charge in [0, 0.05) is 34.5 Å². The number of aromatic nitrogens is 2. The van der Waals surface area contributed by atoms with Crippen LogP contribution in [0, 0.1) is 29.6 Å². The maximum Gasteiger partial charge on any atom is 0.150 e. The molecule has 5 rings (SSSR count). The van der Waals surface area contributed by atoms with Crippen molar-refractivity contribution in [2.45, 2.75) is 53.0 Å². The van der Waals surface area contributed by atoms with Crippen LogP contribution in [0.3, 0.4) is 0 Å². The molecule has 0 amide bonds. The lowest BCUT2D eigenvalue weighted by molar-refractivity contribution is 0.112. The summed E-state index contributed by atoms with van der Waals surface area (Å²) in [6.45, 7) is 10.7. The molecule has 0 fully saturated rings. The van der Waals surface area contributed by atoms with E-state index in [-0.39, 0.29) is 18.2 Å². The molecule has 2 N–H and O–H groups in total. The van der Waals surface area contributed by atoms with E-state index in [1.807, 2.05) is 61.1 Å². The predicted molar refractivity (Wildman–Crippen MR) is 187 cm³/mol. The molecule has 1 aliphatic rings. The molecule has 1 aliphatic heterocycles. The normalized spacial score (nSPS) is 12.6. The summed E-state index contributed by atoms with van der Waals surface area (Å²) in [5.74, 6) is 7.12. The lowest BCUT2D eigenvalue weighted by Crippen LogP contribution is -2.35. The van der Waals surface area contributed by atoms with Crippen molar-refractivity contribution in [1.29, 1.82) is 10.8 Å². The zero-order valence-corrected chi connectivity index (χ0v) is 27.3. The minimum atomic E-state index is 0.179. The van der Waals surface area contributed by atoms with Crippen molar-refractivity contribution >= 4 is 57.2 Å². The molecule has 0 radical (unpaired) electrons. The van der Waals surface area contributed by atoms with Gasteiger partial charge in [-0.25, -0.2) is 0 Å². The standard InChI is InChI=1S/C36H35ClN6OS/c1-23(2)33-27(10-8-11-29(33)22-44)9-6-5-7-18-42-21-26(19-41-42)12-17-31-24(3)34-35(28-13-15-30(37)16-14-28)40-20-32(39)43(25(4)38)36(34)45-31/h8,10-11,13-16,19,21-22,38-39H,1,5-7,9,18,20H2,2-4H3. The highest BCUT2D eigenvalue weighted by Gasteiger charge is 2.29. The van der Waals surface area contributed by atoms with E-state index in [9.17, 15) is 4.79 Å². The number of unbranched alkanes of at least 4 members (excludes halogenated alkanes) is 2. The van der Waals surface area contributed by atoms with Crippen molar-refractivity contribution in [2.75, 3.05) is 11.4 Å². The number of aryl methyl sites for hydroxylation is 2. The topological polar surface area (TPSA) is 98.2 Å². The third kappa shape index (κ3) is 7.06. The summed E-state index contributed by atoms with van der Waals surface area (Å²) in [5, 5.41) is 23.0. The molecule has 45 heavy (non-hydrogen) atoms. The van der Waals surface area contributed by atoms with E-state index in [1.165, 1.54) is 16.9 Å². The van der Waals surface area contributed by atoms with Gasteiger partial charge in [0.05, 0.1) is 28.9 Å². The Morgan fingerprint density at radius 3 is 2.62 bits per heavy atom. The molecule has 9 heteroatoms. The fourth-order valence-corrected chi connectivity index (χ4v) is 6.94. The number of anilines is 1. The predicted octanol–water partition coefficient (Wildman–Crippen LogP) is 8.20. The van der Waals surface area contributed by atoms with Crippen LogP contribution in [0.2, 0.25) is 5.02 Å². The van der Waals surface area contributed by atoms with E-state index in [4.69, 9.17) is 27.4 Å². The number of carbonyl (C=O) groups is 1. The van der Waals surface area contributed by atoms with Crippen molar-refractivity contribution in [3.8, 4) is 11.8 Å². The lowest BCUT2D eigenvalue weighted by atomic mass is 9.93. The summed E-state index contributed by atoms with van der Waals surface area (Å²) >= 11 is 7.63. The Bertz CT molecular complexity index is 1890. The van der Waals surface area contributed by atoms with Crippen molar-refractivity contribution in [3.05, 3.63) is 110 Å². The summed E-state index contributed by atoms with van der Waals surface area (Å²) in [6, 6.07) is 13.4. The maximum atomic E-state index is 11.5. The number of nitrogens with zero attached hydrogens (tertiary/aromatic N) is 4. The quantitative estimate of drug-likeness (QED) is 0.0638. The average molecular weight is 635 g/mol. The molecule has 0 bridgehead atoms. The van der Waals surface area contributed by atoms with E-state index in [2.05, 4.69) is 29.6 Å². The van der Waals surface area contributed by atoms with E-state index in [0.29, 0.717) is 10.6 Å². The zero-order valence-electron chi connectivity index (χ0n) is 25.7. The number of fused-ring (bicyclic) bond motifs is 1. The van der Waals surface area contributed by atoms with Crippen molar-refractivity contribution in [2.24, 2.45) is 4.99 Å². The minimum Gasteiger partial charge on any atom is -0.298 e. The number of nitrogens with one attached hydrogen (secondary N) is 2. The van der Waals surface area contributed by atoms with Crippen molar-refractivity contribution in [1.82, 2.24) is 9.78 Å². The second-order valence-corrected chi connectivity index (χ2v) is 12.5. The number of thiophene rings is 1. The van der Waals surface area contributed by atoms with Gasteiger partial charge in [-0.15, -0.1) is 11.3 Å². The second kappa shape index (κ2) is 14.0. The molecule has 0 unspecified atom stereocenters. The minimum absolute atomic E-state index is 0.179. The van der Waals surface area contributed by atoms with Gasteiger partial charge < -0.3 is 0 Å². The summed E-state index contributed by atoms with van der Waals surface area (Å²) in [4.78, 5) is 18.8. The van der Waals surface area contributed by atoms with E-state index < -0.39 is 0 Å². The number of aliphatic imine (C=N–C) groups is 1. The fraction of sp³-hybridized carbons (Fsp3) is 0.250. The molecule has 0 saturated heterocycles. The highest BCUT2D eigenvalue weighted by atomic mass is 35.5. The number of aldehydes is 1. The van der Waals surface area contributed by atoms with Crippen LogP contribution < -0.4 is 4.90 Å². The van der Waals surface area contributed by atoms with Gasteiger partial charge in [0.2, 0.25) is 0 Å². The zero-order chi connectivity index (χ0) is 32.1. The Labute approximate surface area is 273 Å². The first-order valence-electron chi connectivity index (χ1n) is 14.8. The Morgan fingerprint density at radius 2 is 1.91 bits per heavy atom. The molecule has 0 atom stereocenters. The Morgan fingerprint density at radius 1 is 1.13 bits per heavy atom. The second-order valence-electron chi connectivity index (χ2n) is 11.1. The summed E-state index contributed by atoms with van der Waals surface area (Å²) in [7, 11) is 0. The number of amidine groups is 2. The lowest BCUT2D eigenvalue weighted by Gasteiger charge is -2.20. The number of hydrogen-bond donors (Lipinski definition) is 2. The molecule has 0 spiro atoms. The van der Waals surface area contributed by atoms with Crippen LogP contribution in [0.5, 0.6) is 0 Å². The van der Waals surface area contributed by atoms with Crippen LogP contribution in [0.4, 0.5) is 5.00 Å². The number of hydrogen-bond acceptors (Lipinski definition) is 6. The Balaban J connectivity index is 1.29. The van der Waals surface area contributed by atoms with Crippen LogP contribution in [0.25, 0.3) is 5.57 Å². The third-order valence-electron chi connectivity index (χ3n) is 7.70. The van der Waals surface area contributed by atoms with Crippen LogP contribution >= 0.6 is 22.9 Å². The maximum absolute atomic E-state index is 11.5. The first-order valence-corrected chi connectivity index (χ1v) is 16.0. The number of allylic oxidation sites excluding steroid dienone is 1. The molecule has 0 saturated carbocycles. The summed E-state index contributed by atoms with van der Waals surface area (Å²) < 4.78 is 1.93. The van der Waals surface area contributed by atoms with Gasteiger partial charge in [0.25, 0.3) is 0 Å². The van der Waals surface area contributed by atoms with Gasteiger partial charge in [0.1, 0.15) is 16.7 Å². The van der Waals surface area contributed by atoms with Crippen LogP contribution in [0.15, 0.2) is 66.4 Å². The number of carbonyl (C=O) groups excluding carboxylic acids is 1. The van der Waals surface area contributed by atoms with Gasteiger partial charge in [0.15, 0.2) is 6.29 Å². The molecular formula is C36H35ClN6OS. The highest BCUT2D eigenvalue weighted by Crippen LogP contribution is 2.39. The monoisotopic (exact) mass is 634 g/mol.